The molecule has 7 aromatic carbocycles. The van der Waals surface area contributed by atoms with Crippen molar-refractivity contribution in [2.24, 2.45) is 0 Å². The van der Waals surface area contributed by atoms with Crippen molar-refractivity contribution in [3.8, 4) is 45.3 Å². The van der Waals surface area contributed by atoms with Crippen LogP contribution in [0.2, 0.25) is 0 Å². The molecule has 0 amide bonds. The van der Waals surface area contributed by atoms with E-state index in [9.17, 15) is 0 Å². The van der Waals surface area contributed by atoms with E-state index in [0.717, 1.165) is 44.0 Å². The van der Waals surface area contributed by atoms with Gasteiger partial charge in [0, 0.05) is 27.5 Å². The maximum Gasteiger partial charge on any atom is 0.164 e. The van der Waals surface area contributed by atoms with Crippen molar-refractivity contribution in [1.29, 1.82) is 0 Å². The van der Waals surface area contributed by atoms with Crippen LogP contribution in [0.3, 0.4) is 0 Å². The third-order valence-corrected chi connectivity index (χ3v) is 8.51. The first-order chi connectivity index (χ1) is 22.3. The third-order valence-electron chi connectivity index (χ3n) is 8.51. The first-order valence-corrected chi connectivity index (χ1v) is 15.0. The van der Waals surface area contributed by atoms with Crippen LogP contribution in [-0.4, -0.2) is 15.0 Å². The normalized spacial score (nSPS) is 11.6. The molecule has 0 unspecified atom stereocenters. The molecule has 0 saturated heterocycles. The van der Waals surface area contributed by atoms with Crippen molar-refractivity contribution in [3.05, 3.63) is 152 Å². The van der Waals surface area contributed by atoms with Crippen molar-refractivity contribution in [2.75, 3.05) is 0 Å². The largest absolute Gasteiger partial charge is 0.456 e. The SMILES string of the molecule is c1ccc(-c2ccc3c(ccc4cc(-c5nc(-c6ccccc6)nc(-c6cccc7oc8ccccc8c67)n5)ccc43)c2)cc1. The summed E-state index contributed by atoms with van der Waals surface area (Å²) in [5.41, 5.74) is 6.87. The van der Waals surface area contributed by atoms with E-state index in [2.05, 4.69) is 84.9 Å². The number of rotatable bonds is 4. The molecule has 0 atom stereocenters. The molecular formula is C41H25N3O. The van der Waals surface area contributed by atoms with Gasteiger partial charge in [-0.3, -0.25) is 0 Å². The van der Waals surface area contributed by atoms with Gasteiger partial charge in [0.1, 0.15) is 11.2 Å². The molecule has 2 aromatic heterocycles. The van der Waals surface area contributed by atoms with E-state index in [1.807, 2.05) is 66.7 Å². The molecule has 2 heterocycles. The zero-order valence-corrected chi connectivity index (χ0v) is 24.2. The highest BCUT2D eigenvalue weighted by molar-refractivity contribution is 6.12. The zero-order valence-electron chi connectivity index (χ0n) is 24.2. The first kappa shape index (κ1) is 25.4. The Morgan fingerprint density at radius 1 is 0.356 bits per heavy atom. The molecule has 0 fully saturated rings. The number of hydrogen-bond acceptors (Lipinski definition) is 4. The number of fused-ring (bicyclic) bond motifs is 6. The van der Waals surface area contributed by atoms with Crippen LogP contribution in [0, 0.1) is 0 Å². The summed E-state index contributed by atoms with van der Waals surface area (Å²) in [6.07, 6.45) is 0. The molecule has 9 aromatic rings. The summed E-state index contributed by atoms with van der Waals surface area (Å²) in [6.45, 7) is 0. The van der Waals surface area contributed by atoms with Gasteiger partial charge in [0.05, 0.1) is 0 Å². The number of aromatic nitrogens is 3. The fraction of sp³-hybridized carbons (Fsp3) is 0. The van der Waals surface area contributed by atoms with Gasteiger partial charge >= 0.3 is 0 Å². The second kappa shape index (κ2) is 10.2. The van der Waals surface area contributed by atoms with Gasteiger partial charge in [-0.05, 0) is 56.9 Å². The van der Waals surface area contributed by atoms with E-state index in [1.165, 1.54) is 27.3 Å². The molecule has 45 heavy (non-hydrogen) atoms. The molecule has 0 spiro atoms. The third kappa shape index (κ3) is 4.35. The van der Waals surface area contributed by atoms with Crippen molar-refractivity contribution in [3.63, 3.8) is 0 Å². The van der Waals surface area contributed by atoms with Gasteiger partial charge in [-0.2, -0.15) is 0 Å². The van der Waals surface area contributed by atoms with Crippen molar-refractivity contribution in [2.45, 2.75) is 0 Å². The summed E-state index contributed by atoms with van der Waals surface area (Å²) in [6, 6.07) is 52.3. The second-order valence-corrected chi connectivity index (χ2v) is 11.3. The summed E-state index contributed by atoms with van der Waals surface area (Å²) in [5, 5.41) is 6.81. The lowest BCUT2D eigenvalue weighted by Crippen LogP contribution is -2.00. The Balaban J connectivity index is 1.22. The van der Waals surface area contributed by atoms with Crippen molar-refractivity contribution in [1.82, 2.24) is 15.0 Å². The molecule has 0 radical (unpaired) electrons. The summed E-state index contributed by atoms with van der Waals surface area (Å²) in [5.74, 6) is 1.88. The molecule has 0 bridgehead atoms. The second-order valence-electron chi connectivity index (χ2n) is 11.3. The zero-order chi connectivity index (χ0) is 29.7. The minimum Gasteiger partial charge on any atom is -0.456 e. The van der Waals surface area contributed by atoms with E-state index in [4.69, 9.17) is 19.4 Å². The summed E-state index contributed by atoms with van der Waals surface area (Å²) < 4.78 is 6.19. The molecule has 0 aliphatic carbocycles. The molecule has 0 saturated carbocycles. The highest BCUT2D eigenvalue weighted by Crippen LogP contribution is 2.37. The highest BCUT2D eigenvalue weighted by atomic mass is 16.3. The van der Waals surface area contributed by atoms with Crippen LogP contribution in [0.4, 0.5) is 0 Å². The van der Waals surface area contributed by atoms with Crippen LogP contribution in [0.1, 0.15) is 0 Å². The molecule has 210 valence electrons. The van der Waals surface area contributed by atoms with Gasteiger partial charge in [0.2, 0.25) is 0 Å². The first-order valence-electron chi connectivity index (χ1n) is 15.0. The molecular weight excluding hydrogens is 550 g/mol. The minimum atomic E-state index is 0.614. The van der Waals surface area contributed by atoms with Crippen molar-refractivity contribution >= 4 is 43.5 Å². The average Bonchev–Trinajstić information content (AvgIpc) is 3.51. The van der Waals surface area contributed by atoms with Crippen LogP contribution >= 0.6 is 0 Å². The van der Waals surface area contributed by atoms with Gasteiger partial charge in [-0.15, -0.1) is 0 Å². The summed E-state index contributed by atoms with van der Waals surface area (Å²) in [7, 11) is 0. The smallest absolute Gasteiger partial charge is 0.164 e. The molecule has 4 heteroatoms. The van der Waals surface area contributed by atoms with Gasteiger partial charge in [0.25, 0.3) is 0 Å². The van der Waals surface area contributed by atoms with Gasteiger partial charge in [-0.25, -0.2) is 15.0 Å². The van der Waals surface area contributed by atoms with Crippen LogP contribution in [0.5, 0.6) is 0 Å². The van der Waals surface area contributed by atoms with Gasteiger partial charge in [-0.1, -0.05) is 127 Å². The Bertz CT molecular complexity index is 2540. The lowest BCUT2D eigenvalue weighted by molar-refractivity contribution is 0.669. The Morgan fingerprint density at radius 2 is 0.933 bits per heavy atom. The lowest BCUT2D eigenvalue weighted by atomic mass is 9.96. The number of hydrogen-bond donors (Lipinski definition) is 0. The monoisotopic (exact) mass is 575 g/mol. The van der Waals surface area contributed by atoms with Crippen LogP contribution in [0.25, 0.3) is 88.8 Å². The maximum absolute atomic E-state index is 6.19. The van der Waals surface area contributed by atoms with Crippen molar-refractivity contribution < 1.29 is 4.42 Å². The Hall–Kier alpha value is -6.13. The number of nitrogens with zero attached hydrogens (tertiary/aromatic N) is 3. The van der Waals surface area contributed by atoms with Gasteiger partial charge in [0.15, 0.2) is 17.5 Å². The average molecular weight is 576 g/mol. The lowest BCUT2D eigenvalue weighted by Gasteiger charge is -2.11. The van der Waals surface area contributed by atoms with Gasteiger partial charge < -0.3 is 4.42 Å². The standard InChI is InChI=1S/C41H25N3O/c1-3-10-26(11-4-1)28-20-22-32-29(24-28)18-19-30-25-31(21-23-33(30)32)40-42-39(27-12-5-2-6-13-27)43-41(44-40)35-15-9-17-37-38(35)34-14-7-8-16-36(34)45-37/h1-25H. The van der Waals surface area contributed by atoms with E-state index in [0.29, 0.717) is 17.5 Å². The van der Waals surface area contributed by atoms with E-state index >= 15 is 0 Å². The minimum absolute atomic E-state index is 0.614. The van der Waals surface area contributed by atoms with E-state index < -0.39 is 0 Å². The quantitative estimate of drug-likeness (QED) is 0.196. The highest BCUT2D eigenvalue weighted by Gasteiger charge is 2.18. The number of furan rings is 1. The molecule has 0 aliphatic rings. The predicted molar refractivity (Wildman–Crippen MR) is 184 cm³/mol. The summed E-state index contributed by atoms with van der Waals surface area (Å²) >= 11 is 0. The maximum atomic E-state index is 6.19. The number of para-hydroxylation sites is 1. The fourth-order valence-corrected chi connectivity index (χ4v) is 6.32. The van der Waals surface area contributed by atoms with Crippen LogP contribution < -0.4 is 0 Å². The topological polar surface area (TPSA) is 51.8 Å². The molecule has 9 rings (SSSR count). The molecule has 0 aliphatic heterocycles. The number of benzene rings is 7. The summed E-state index contributed by atoms with van der Waals surface area (Å²) in [4.78, 5) is 15.1. The Kier molecular flexibility index (Phi) is 5.78. The molecule has 4 nitrogen and oxygen atoms in total. The van der Waals surface area contributed by atoms with Crippen LogP contribution in [0.15, 0.2) is 156 Å². The van der Waals surface area contributed by atoms with E-state index in [-0.39, 0.29) is 0 Å². The van der Waals surface area contributed by atoms with Crippen LogP contribution in [-0.2, 0) is 0 Å². The fourth-order valence-electron chi connectivity index (χ4n) is 6.32. The predicted octanol–water partition coefficient (Wildman–Crippen LogP) is 10.7. The Labute approximate surface area is 259 Å². The Morgan fingerprint density at radius 3 is 1.69 bits per heavy atom. The van der Waals surface area contributed by atoms with E-state index in [1.54, 1.807) is 0 Å². The molecule has 0 N–H and O–H groups in total.